The van der Waals surface area contributed by atoms with Gasteiger partial charge >= 0.3 is 0 Å². The summed E-state index contributed by atoms with van der Waals surface area (Å²) >= 11 is 0. The van der Waals surface area contributed by atoms with Gasteiger partial charge in [0.2, 0.25) is 0 Å². The third-order valence-electron chi connectivity index (χ3n) is 2.36. The summed E-state index contributed by atoms with van der Waals surface area (Å²) in [5.41, 5.74) is 6.36. The molecule has 0 aliphatic carbocycles. The first kappa shape index (κ1) is 11.9. The van der Waals surface area contributed by atoms with Crippen LogP contribution in [0.5, 0.6) is 0 Å². The molecule has 2 N–H and O–H groups in total. The minimum atomic E-state index is -0.137. The number of rotatable bonds is 4. The minimum absolute atomic E-state index is 0.137. The molecular formula is C11H19N3O. The van der Waals surface area contributed by atoms with Crippen LogP contribution in [0.15, 0.2) is 6.07 Å². The van der Waals surface area contributed by atoms with Crippen LogP contribution in [0.4, 0.5) is 5.82 Å². The first-order chi connectivity index (χ1) is 6.93. The summed E-state index contributed by atoms with van der Waals surface area (Å²) < 4.78 is 5.69. The molecule has 1 aromatic heterocycles. The number of ether oxygens (including phenoxy) is 1. The van der Waals surface area contributed by atoms with Gasteiger partial charge in [-0.2, -0.15) is 0 Å². The van der Waals surface area contributed by atoms with Crippen LogP contribution in [0.3, 0.4) is 0 Å². The summed E-state index contributed by atoms with van der Waals surface area (Å²) in [6.07, 6.45) is 0.953. The van der Waals surface area contributed by atoms with E-state index in [2.05, 4.69) is 16.9 Å². The van der Waals surface area contributed by atoms with Crippen molar-refractivity contribution in [2.75, 3.05) is 5.73 Å². The van der Waals surface area contributed by atoms with Crippen LogP contribution in [0.2, 0.25) is 0 Å². The average Bonchev–Trinajstić information content (AvgIpc) is 2.14. The normalized spacial score (nSPS) is 11.7. The van der Waals surface area contributed by atoms with Crippen molar-refractivity contribution in [3.63, 3.8) is 0 Å². The van der Waals surface area contributed by atoms with Gasteiger partial charge in [-0.05, 0) is 27.2 Å². The second-order valence-electron chi connectivity index (χ2n) is 4.25. The molecule has 0 radical (unpaired) electrons. The molecule has 1 rings (SSSR count). The van der Waals surface area contributed by atoms with Crippen molar-refractivity contribution in [1.82, 2.24) is 9.97 Å². The number of hydrogen-bond acceptors (Lipinski definition) is 4. The maximum atomic E-state index is 5.69. The lowest BCUT2D eigenvalue weighted by Crippen LogP contribution is -2.23. The lowest BCUT2D eigenvalue weighted by molar-refractivity contribution is -0.0345. The topological polar surface area (TPSA) is 61.0 Å². The Morgan fingerprint density at radius 2 is 2.07 bits per heavy atom. The molecule has 0 aromatic carbocycles. The van der Waals surface area contributed by atoms with Crippen LogP contribution in [-0.4, -0.2) is 15.6 Å². The lowest BCUT2D eigenvalue weighted by atomic mass is 10.1. The van der Waals surface area contributed by atoms with Gasteiger partial charge in [-0.25, -0.2) is 9.97 Å². The fourth-order valence-corrected chi connectivity index (χ4v) is 1.08. The predicted molar refractivity (Wildman–Crippen MR) is 60.3 cm³/mol. The second-order valence-corrected chi connectivity index (χ2v) is 4.25. The van der Waals surface area contributed by atoms with Gasteiger partial charge in [-0.3, -0.25) is 0 Å². The van der Waals surface area contributed by atoms with Gasteiger partial charge in [-0.1, -0.05) is 6.92 Å². The number of aryl methyl sites for hydroxylation is 1. The van der Waals surface area contributed by atoms with E-state index >= 15 is 0 Å². The zero-order valence-electron chi connectivity index (χ0n) is 9.87. The fraction of sp³-hybridized carbons (Fsp3) is 0.636. The average molecular weight is 209 g/mol. The molecule has 0 saturated carbocycles. The maximum Gasteiger partial charge on any atom is 0.156 e. The Kier molecular flexibility index (Phi) is 3.63. The highest BCUT2D eigenvalue weighted by molar-refractivity contribution is 5.28. The third kappa shape index (κ3) is 3.83. The molecule has 0 bridgehead atoms. The molecule has 0 unspecified atom stereocenters. The van der Waals surface area contributed by atoms with Crippen LogP contribution in [0.25, 0.3) is 0 Å². The number of nitrogens with two attached hydrogens (primary N) is 1. The number of anilines is 1. The highest BCUT2D eigenvalue weighted by Crippen LogP contribution is 2.15. The summed E-state index contributed by atoms with van der Waals surface area (Å²) in [7, 11) is 0. The van der Waals surface area contributed by atoms with Crippen LogP contribution in [-0.2, 0) is 11.3 Å². The Balaban J connectivity index is 2.65. The maximum absolute atomic E-state index is 5.69. The predicted octanol–water partition coefficient (Wildman–Crippen LogP) is 2.07. The Bertz CT molecular complexity index is 316. The molecule has 0 saturated heterocycles. The first-order valence-electron chi connectivity index (χ1n) is 5.17. The van der Waals surface area contributed by atoms with Gasteiger partial charge in [-0.15, -0.1) is 0 Å². The van der Waals surface area contributed by atoms with Crippen molar-refractivity contribution >= 4 is 5.82 Å². The molecule has 1 heterocycles. The van der Waals surface area contributed by atoms with E-state index in [0.29, 0.717) is 18.2 Å². The largest absolute Gasteiger partial charge is 0.384 e. The van der Waals surface area contributed by atoms with E-state index in [0.717, 1.165) is 12.1 Å². The highest BCUT2D eigenvalue weighted by Gasteiger charge is 2.16. The Hall–Kier alpha value is -1.16. The lowest BCUT2D eigenvalue weighted by Gasteiger charge is -2.22. The van der Waals surface area contributed by atoms with Gasteiger partial charge in [0.05, 0.1) is 5.60 Å². The van der Waals surface area contributed by atoms with Crippen LogP contribution in [0, 0.1) is 6.92 Å². The van der Waals surface area contributed by atoms with E-state index in [4.69, 9.17) is 10.5 Å². The molecular weight excluding hydrogens is 190 g/mol. The van der Waals surface area contributed by atoms with E-state index < -0.39 is 0 Å². The van der Waals surface area contributed by atoms with E-state index in [1.54, 1.807) is 6.07 Å². The van der Waals surface area contributed by atoms with Crippen molar-refractivity contribution in [3.05, 3.63) is 17.6 Å². The van der Waals surface area contributed by atoms with Crippen molar-refractivity contribution in [1.29, 1.82) is 0 Å². The van der Waals surface area contributed by atoms with Gasteiger partial charge in [0.25, 0.3) is 0 Å². The molecule has 0 aliphatic heterocycles. The number of nitrogens with zero attached hydrogens (tertiary/aromatic N) is 2. The summed E-state index contributed by atoms with van der Waals surface area (Å²) in [4.78, 5) is 8.37. The fourth-order valence-electron chi connectivity index (χ4n) is 1.08. The molecule has 0 aliphatic rings. The Labute approximate surface area is 90.9 Å². The number of aromatic nitrogens is 2. The van der Waals surface area contributed by atoms with Gasteiger partial charge in [0.15, 0.2) is 5.82 Å². The van der Waals surface area contributed by atoms with Crippen molar-refractivity contribution in [2.45, 2.75) is 46.3 Å². The molecule has 1 aromatic rings. The standard InChI is InChI=1S/C11H19N3O/c1-5-11(3,4)15-7-10-13-8(2)6-9(12)14-10/h6H,5,7H2,1-4H3,(H2,12,13,14). The molecule has 15 heavy (non-hydrogen) atoms. The first-order valence-corrected chi connectivity index (χ1v) is 5.17. The van der Waals surface area contributed by atoms with E-state index in [1.807, 2.05) is 20.8 Å². The quantitative estimate of drug-likeness (QED) is 0.824. The van der Waals surface area contributed by atoms with Gasteiger partial charge in [0, 0.05) is 11.8 Å². The molecule has 0 amide bonds. The van der Waals surface area contributed by atoms with E-state index in [-0.39, 0.29) is 5.60 Å². The van der Waals surface area contributed by atoms with Crippen LogP contribution >= 0.6 is 0 Å². The third-order valence-corrected chi connectivity index (χ3v) is 2.36. The molecule has 0 atom stereocenters. The molecule has 4 nitrogen and oxygen atoms in total. The summed E-state index contributed by atoms with van der Waals surface area (Å²) in [6.45, 7) is 8.49. The van der Waals surface area contributed by atoms with Gasteiger partial charge in [0.1, 0.15) is 12.4 Å². The number of nitrogen functional groups attached to an aromatic ring is 1. The monoisotopic (exact) mass is 209 g/mol. The summed E-state index contributed by atoms with van der Waals surface area (Å²) in [6, 6.07) is 1.74. The molecule has 4 heteroatoms. The van der Waals surface area contributed by atoms with E-state index in [9.17, 15) is 0 Å². The number of hydrogen-bond donors (Lipinski definition) is 1. The van der Waals surface area contributed by atoms with Crippen LogP contribution in [0.1, 0.15) is 38.7 Å². The molecule has 0 fully saturated rings. The highest BCUT2D eigenvalue weighted by atomic mass is 16.5. The minimum Gasteiger partial charge on any atom is -0.384 e. The van der Waals surface area contributed by atoms with Crippen molar-refractivity contribution < 1.29 is 4.74 Å². The van der Waals surface area contributed by atoms with Gasteiger partial charge < -0.3 is 10.5 Å². The Morgan fingerprint density at radius 3 is 2.60 bits per heavy atom. The molecule has 84 valence electrons. The van der Waals surface area contributed by atoms with Crippen molar-refractivity contribution in [3.8, 4) is 0 Å². The zero-order chi connectivity index (χ0) is 11.5. The zero-order valence-corrected chi connectivity index (χ0v) is 9.87. The SMILES string of the molecule is CCC(C)(C)OCc1nc(C)cc(N)n1. The van der Waals surface area contributed by atoms with E-state index in [1.165, 1.54) is 0 Å². The summed E-state index contributed by atoms with van der Waals surface area (Å²) in [5.74, 6) is 1.14. The second kappa shape index (κ2) is 4.57. The smallest absolute Gasteiger partial charge is 0.156 e. The Morgan fingerprint density at radius 1 is 1.40 bits per heavy atom. The summed E-state index contributed by atoms with van der Waals surface area (Å²) in [5, 5.41) is 0. The van der Waals surface area contributed by atoms with Crippen LogP contribution < -0.4 is 5.73 Å². The molecule has 0 spiro atoms. The van der Waals surface area contributed by atoms with Crippen molar-refractivity contribution in [2.24, 2.45) is 0 Å².